The normalized spacial score (nSPS) is 13.5. The number of rotatable bonds is 5. The lowest BCUT2D eigenvalue weighted by Gasteiger charge is -2.11. The van der Waals surface area contributed by atoms with Crippen molar-refractivity contribution >= 4 is 6.21 Å². The van der Waals surface area contributed by atoms with Gasteiger partial charge in [0.15, 0.2) is 0 Å². The van der Waals surface area contributed by atoms with Crippen LogP contribution in [-0.4, -0.2) is 24.0 Å². The molecule has 0 saturated heterocycles. The predicted molar refractivity (Wildman–Crippen MR) is 64.3 cm³/mol. The second-order valence-electron chi connectivity index (χ2n) is 4.41. The Balaban J connectivity index is 2.74. The van der Waals surface area contributed by atoms with Crippen molar-refractivity contribution in [2.24, 2.45) is 10.9 Å². The number of hydrogen-bond donors (Lipinski definition) is 1. The first-order chi connectivity index (χ1) is 8.02. The summed E-state index contributed by atoms with van der Waals surface area (Å²) in [4.78, 5) is 4.11. The van der Waals surface area contributed by atoms with Crippen LogP contribution in [0.3, 0.4) is 0 Å². The Hall–Kier alpha value is -1.29. The van der Waals surface area contributed by atoms with E-state index in [0.29, 0.717) is 5.92 Å². The summed E-state index contributed by atoms with van der Waals surface area (Å²) < 4.78 is 25.9. The molecule has 0 amide bonds. The van der Waals surface area contributed by atoms with Crippen LogP contribution in [0.15, 0.2) is 23.2 Å². The van der Waals surface area contributed by atoms with E-state index < -0.39 is 11.6 Å². The number of aliphatic hydroxyl groups excluding tert-OH is 1. The Morgan fingerprint density at radius 2 is 2.06 bits per heavy atom. The van der Waals surface area contributed by atoms with E-state index in [2.05, 4.69) is 4.99 Å². The van der Waals surface area contributed by atoms with Crippen LogP contribution in [0, 0.1) is 17.6 Å². The molecule has 0 fully saturated rings. The van der Waals surface area contributed by atoms with Gasteiger partial charge in [-0.25, -0.2) is 8.78 Å². The van der Waals surface area contributed by atoms with Crippen molar-refractivity contribution in [1.82, 2.24) is 0 Å². The zero-order valence-corrected chi connectivity index (χ0v) is 10.0. The standard InChI is InChI=1S/C13H17F2NO/c1-9(2)5-12(8-17)16-7-10-3-4-11(14)6-13(10)15/h3-4,6-7,9,12,17H,5,8H2,1-2H3/b16-7+/t12-/m0/s1. The maximum atomic E-state index is 13.3. The monoisotopic (exact) mass is 241 g/mol. The van der Waals surface area contributed by atoms with Crippen molar-refractivity contribution in [3.05, 3.63) is 35.4 Å². The molecule has 0 saturated carbocycles. The van der Waals surface area contributed by atoms with Crippen LogP contribution in [0.4, 0.5) is 8.78 Å². The van der Waals surface area contributed by atoms with Crippen LogP contribution in [0.25, 0.3) is 0 Å². The van der Waals surface area contributed by atoms with Gasteiger partial charge in [0.05, 0.1) is 12.6 Å². The van der Waals surface area contributed by atoms with E-state index in [4.69, 9.17) is 5.11 Å². The molecule has 0 radical (unpaired) electrons. The van der Waals surface area contributed by atoms with E-state index in [1.807, 2.05) is 13.8 Å². The molecule has 0 unspecified atom stereocenters. The maximum Gasteiger partial charge on any atom is 0.134 e. The highest BCUT2D eigenvalue weighted by atomic mass is 19.1. The van der Waals surface area contributed by atoms with Crippen molar-refractivity contribution in [3.8, 4) is 0 Å². The van der Waals surface area contributed by atoms with E-state index in [1.54, 1.807) is 0 Å². The van der Waals surface area contributed by atoms with Gasteiger partial charge in [-0.1, -0.05) is 13.8 Å². The minimum Gasteiger partial charge on any atom is -0.394 e. The van der Waals surface area contributed by atoms with Crippen LogP contribution >= 0.6 is 0 Å². The third-order valence-corrected chi connectivity index (χ3v) is 2.34. The topological polar surface area (TPSA) is 32.6 Å². The summed E-state index contributed by atoms with van der Waals surface area (Å²) in [5.41, 5.74) is 0.230. The van der Waals surface area contributed by atoms with E-state index in [0.717, 1.165) is 12.5 Å². The molecular formula is C13H17F2NO. The van der Waals surface area contributed by atoms with E-state index >= 15 is 0 Å². The molecule has 0 aromatic heterocycles. The lowest BCUT2D eigenvalue weighted by molar-refractivity contribution is 0.251. The first kappa shape index (κ1) is 13.8. The van der Waals surface area contributed by atoms with E-state index in [9.17, 15) is 8.78 Å². The average Bonchev–Trinajstić information content (AvgIpc) is 2.25. The summed E-state index contributed by atoms with van der Waals surface area (Å²) in [7, 11) is 0. The first-order valence-electron chi connectivity index (χ1n) is 5.62. The smallest absolute Gasteiger partial charge is 0.134 e. The zero-order valence-electron chi connectivity index (χ0n) is 10.0. The molecule has 94 valence electrons. The molecule has 1 aromatic rings. The molecule has 0 bridgehead atoms. The van der Waals surface area contributed by atoms with Gasteiger partial charge in [-0.2, -0.15) is 0 Å². The maximum absolute atomic E-state index is 13.3. The summed E-state index contributed by atoms with van der Waals surface area (Å²) in [6.45, 7) is 3.98. The number of hydrogen-bond acceptors (Lipinski definition) is 2. The van der Waals surface area contributed by atoms with Gasteiger partial charge < -0.3 is 5.11 Å². The third kappa shape index (κ3) is 4.61. The van der Waals surface area contributed by atoms with Crippen LogP contribution in [0.1, 0.15) is 25.8 Å². The van der Waals surface area contributed by atoms with Crippen molar-refractivity contribution in [1.29, 1.82) is 0 Å². The Kier molecular flexibility index (Phi) is 5.22. The summed E-state index contributed by atoms with van der Waals surface area (Å²) in [5.74, 6) is -0.849. The second kappa shape index (κ2) is 6.45. The highest BCUT2D eigenvalue weighted by Gasteiger charge is 2.07. The van der Waals surface area contributed by atoms with Gasteiger partial charge in [0.25, 0.3) is 0 Å². The Labute approximate surface area is 100 Å². The molecule has 17 heavy (non-hydrogen) atoms. The minimum absolute atomic E-state index is 0.0719. The van der Waals surface area contributed by atoms with E-state index in [-0.39, 0.29) is 18.2 Å². The number of aliphatic imine (C=N–C) groups is 1. The van der Waals surface area contributed by atoms with Crippen molar-refractivity contribution in [2.45, 2.75) is 26.3 Å². The van der Waals surface area contributed by atoms with Crippen LogP contribution in [0.5, 0.6) is 0 Å². The number of aliphatic hydroxyl groups is 1. The molecule has 0 heterocycles. The zero-order chi connectivity index (χ0) is 12.8. The van der Waals surface area contributed by atoms with Gasteiger partial charge in [-0.05, 0) is 24.5 Å². The minimum atomic E-state index is -0.644. The molecule has 0 aliphatic carbocycles. The fourth-order valence-electron chi connectivity index (χ4n) is 1.52. The predicted octanol–water partition coefficient (Wildman–Crippen LogP) is 2.79. The Morgan fingerprint density at radius 1 is 1.35 bits per heavy atom. The molecule has 0 aliphatic rings. The van der Waals surface area contributed by atoms with Gasteiger partial charge in [0.2, 0.25) is 0 Å². The van der Waals surface area contributed by atoms with Crippen molar-refractivity contribution in [2.75, 3.05) is 6.61 Å². The van der Waals surface area contributed by atoms with Crippen molar-refractivity contribution < 1.29 is 13.9 Å². The third-order valence-electron chi connectivity index (χ3n) is 2.34. The van der Waals surface area contributed by atoms with Crippen LogP contribution < -0.4 is 0 Å². The fourth-order valence-corrected chi connectivity index (χ4v) is 1.52. The van der Waals surface area contributed by atoms with Crippen LogP contribution in [0.2, 0.25) is 0 Å². The summed E-state index contributed by atoms with van der Waals surface area (Å²) in [6.07, 6.45) is 2.08. The van der Waals surface area contributed by atoms with Gasteiger partial charge in [0.1, 0.15) is 11.6 Å². The molecule has 1 aromatic carbocycles. The highest BCUT2D eigenvalue weighted by molar-refractivity contribution is 5.80. The average molecular weight is 241 g/mol. The quantitative estimate of drug-likeness (QED) is 0.790. The summed E-state index contributed by atoms with van der Waals surface area (Å²) >= 11 is 0. The van der Waals surface area contributed by atoms with Gasteiger partial charge in [0, 0.05) is 17.8 Å². The largest absolute Gasteiger partial charge is 0.394 e. The van der Waals surface area contributed by atoms with Gasteiger partial charge in [-0.15, -0.1) is 0 Å². The van der Waals surface area contributed by atoms with Gasteiger partial charge in [-0.3, -0.25) is 4.99 Å². The van der Waals surface area contributed by atoms with Gasteiger partial charge >= 0.3 is 0 Å². The Morgan fingerprint density at radius 3 is 2.59 bits per heavy atom. The molecule has 0 aliphatic heterocycles. The first-order valence-corrected chi connectivity index (χ1v) is 5.62. The summed E-state index contributed by atoms with van der Waals surface area (Å²) in [6, 6.07) is 3.09. The SMILES string of the molecule is CC(C)C[C@@H](CO)/N=C/c1ccc(F)cc1F. The van der Waals surface area contributed by atoms with Crippen LogP contribution in [-0.2, 0) is 0 Å². The molecular weight excluding hydrogens is 224 g/mol. The fraction of sp³-hybridized carbons (Fsp3) is 0.462. The van der Waals surface area contributed by atoms with E-state index in [1.165, 1.54) is 18.3 Å². The number of halogens is 2. The second-order valence-corrected chi connectivity index (χ2v) is 4.41. The lowest BCUT2D eigenvalue weighted by Crippen LogP contribution is -2.13. The molecule has 0 spiro atoms. The Bertz CT molecular complexity index is 391. The summed E-state index contributed by atoms with van der Waals surface area (Å²) in [5, 5.41) is 9.10. The molecule has 1 N–H and O–H groups in total. The highest BCUT2D eigenvalue weighted by Crippen LogP contribution is 2.10. The number of benzene rings is 1. The number of nitrogens with zero attached hydrogens (tertiary/aromatic N) is 1. The molecule has 1 rings (SSSR count). The van der Waals surface area contributed by atoms with Crippen molar-refractivity contribution in [3.63, 3.8) is 0 Å². The molecule has 4 heteroatoms. The molecule has 1 atom stereocenters. The molecule has 2 nitrogen and oxygen atoms in total. The lowest BCUT2D eigenvalue weighted by atomic mass is 10.1.